The second-order valence-corrected chi connectivity index (χ2v) is 5.11. The Labute approximate surface area is 74.6 Å². The van der Waals surface area contributed by atoms with E-state index >= 15 is 0 Å². The van der Waals surface area contributed by atoms with E-state index in [4.69, 9.17) is 0 Å². The van der Waals surface area contributed by atoms with Crippen LogP contribution in [0.25, 0.3) is 0 Å². The molecule has 0 radical (unpaired) electrons. The first-order valence-corrected chi connectivity index (χ1v) is 5.56. The molecule has 0 bridgehead atoms. The van der Waals surface area contributed by atoms with Crippen LogP contribution in [-0.4, -0.2) is 21.3 Å². The van der Waals surface area contributed by atoms with Crippen molar-refractivity contribution in [3.05, 3.63) is 12.7 Å². The summed E-state index contributed by atoms with van der Waals surface area (Å²) in [4.78, 5) is 0. The fourth-order valence-electron chi connectivity index (χ4n) is 0.558. The van der Waals surface area contributed by atoms with Crippen LogP contribution in [0, 0.1) is 5.41 Å². The molecular weight excluding hydrogens is 176 g/mol. The van der Waals surface area contributed by atoms with Crippen molar-refractivity contribution in [2.45, 2.75) is 20.3 Å². The van der Waals surface area contributed by atoms with Crippen LogP contribution in [0.2, 0.25) is 0 Å². The molecule has 4 heteroatoms. The first kappa shape index (κ1) is 11.6. The normalized spacial score (nSPS) is 12.9. The maximum absolute atomic E-state index is 10.6. The lowest BCUT2D eigenvalue weighted by Gasteiger charge is -2.18. The number of rotatable bonds is 5. The highest BCUT2D eigenvalue weighted by molar-refractivity contribution is 7.85. The summed E-state index contributed by atoms with van der Waals surface area (Å²) in [7, 11) is -3.29. The Kier molecular flexibility index (Phi) is 3.93. The predicted octanol–water partition coefficient (Wildman–Crippen LogP) is 1.56. The zero-order valence-corrected chi connectivity index (χ0v) is 8.65. The molecule has 72 valence electrons. The molecular formula is C8H16O3S. The maximum Gasteiger partial charge on any atom is 0.264 e. The fraction of sp³-hybridized carbons (Fsp3) is 0.750. The average Bonchev–Trinajstić information content (AvgIpc) is 1.84. The molecule has 0 spiro atoms. The second kappa shape index (κ2) is 4.05. The van der Waals surface area contributed by atoms with Gasteiger partial charge in [-0.05, 0) is 11.8 Å². The highest BCUT2D eigenvalue weighted by atomic mass is 32.2. The van der Waals surface area contributed by atoms with Crippen molar-refractivity contribution < 1.29 is 12.6 Å². The lowest BCUT2D eigenvalue weighted by Crippen LogP contribution is -2.13. The first-order chi connectivity index (χ1) is 5.27. The Morgan fingerprint density at radius 3 is 2.33 bits per heavy atom. The van der Waals surface area contributed by atoms with Crippen molar-refractivity contribution >= 4 is 10.1 Å². The van der Waals surface area contributed by atoms with Gasteiger partial charge in [0.2, 0.25) is 0 Å². The van der Waals surface area contributed by atoms with Crippen molar-refractivity contribution in [3.63, 3.8) is 0 Å². The van der Waals surface area contributed by atoms with Crippen molar-refractivity contribution in [1.82, 2.24) is 0 Å². The van der Waals surface area contributed by atoms with Crippen LogP contribution in [0.5, 0.6) is 0 Å². The van der Waals surface area contributed by atoms with E-state index in [1.165, 1.54) is 0 Å². The highest BCUT2D eigenvalue weighted by Gasteiger charge is 2.13. The molecule has 0 aliphatic rings. The smallest absolute Gasteiger partial charge is 0.264 e. The summed E-state index contributed by atoms with van der Waals surface area (Å²) < 4.78 is 25.7. The van der Waals surface area contributed by atoms with E-state index in [9.17, 15) is 8.42 Å². The summed E-state index contributed by atoms with van der Waals surface area (Å²) in [5.74, 6) is 0. The molecule has 0 aliphatic carbocycles. The third-order valence-corrected chi connectivity index (χ3v) is 2.19. The van der Waals surface area contributed by atoms with E-state index in [2.05, 4.69) is 10.8 Å². The van der Waals surface area contributed by atoms with Gasteiger partial charge in [-0.2, -0.15) is 8.42 Å². The molecule has 0 aromatic carbocycles. The Balaban J connectivity index is 3.79. The van der Waals surface area contributed by atoms with Crippen LogP contribution < -0.4 is 0 Å². The molecule has 0 heterocycles. The Hall–Kier alpha value is -0.350. The van der Waals surface area contributed by atoms with Gasteiger partial charge in [-0.25, -0.2) is 0 Å². The summed E-state index contributed by atoms with van der Waals surface area (Å²) in [6.45, 7) is 7.82. The second-order valence-electron chi connectivity index (χ2n) is 3.47. The minimum absolute atomic E-state index is 0.0648. The van der Waals surface area contributed by atoms with Gasteiger partial charge in [0, 0.05) is 0 Å². The van der Waals surface area contributed by atoms with E-state index in [1.54, 1.807) is 6.08 Å². The Bertz CT molecular complexity index is 239. The molecule has 0 rings (SSSR count). The summed E-state index contributed by atoms with van der Waals surface area (Å²) in [5.41, 5.74) is -0.0648. The van der Waals surface area contributed by atoms with E-state index in [1.807, 2.05) is 13.8 Å². The molecule has 3 nitrogen and oxygen atoms in total. The molecule has 0 amide bonds. The summed E-state index contributed by atoms with van der Waals surface area (Å²) in [6, 6.07) is 0. The van der Waals surface area contributed by atoms with Gasteiger partial charge in [-0.3, -0.25) is 4.18 Å². The van der Waals surface area contributed by atoms with Gasteiger partial charge in [-0.15, -0.1) is 6.58 Å². The van der Waals surface area contributed by atoms with Gasteiger partial charge >= 0.3 is 0 Å². The van der Waals surface area contributed by atoms with Gasteiger partial charge in [0.15, 0.2) is 0 Å². The summed E-state index contributed by atoms with van der Waals surface area (Å²) in [6.07, 6.45) is 3.50. The van der Waals surface area contributed by atoms with Crippen molar-refractivity contribution in [2.75, 3.05) is 12.9 Å². The minimum atomic E-state index is -3.29. The molecule has 0 saturated heterocycles. The molecule has 0 aromatic rings. The Morgan fingerprint density at radius 1 is 1.50 bits per heavy atom. The molecule has 0 saturated carbocycles. The molecule has 0 aromatic heterocycles. The molecule has 0 fully saturated rings. The van der Waals surface area contributed by atoms with Crippen LogP contribution in [0.1, 0.15) is 20.3 Å². The predicted molar refractivity (Wildman–Crippen MR) is 49.4 cm³/mol. The fourth-order valence-corrected chi connectivity index (χ4v) is 0.944. The largest absolute Gasteiger partial charge is 0.270 e. The minimum Gasteiger partial charge on any atom is -0.270 e. The molecule has 0 unspecified atom stereocenters. The lowest BCUT2D eigenvalue weighted by molar-refractivity contribution is 0.267. The molecule has 0 N–H and O–H groups in total. The summed E-state index contributed by atoms with van der Waals surface area (Å²) in [5, 5.41) is 0. The highest BCUT2D eigenvalue weighted by Crippen LogP contribution is 2.20. The van der Waals surface area contributed by atoms with E-state index in [0.29, 0.717) is 6.42 Å². The van der Waals surface area contributed by atoms with Crippen LogP contribution in [0.15, 0.2) is 12.7 Å². The standard InChI is InChI=1S/C8H16O3S/c1-5-8(2,3)6-7-11-12(4,9)10/h5H,1,6-7H2,2-4H3. The molecule has 12 heavy (non-hydrogen) atoms. The SMILES string of the molecule is C=CC(C)(C)CCOS(C)(=O)=O. The van der Waals surface area contributed by atoms with Gasteiger partial charge in [0.25, 0.3) is 10.1 Å². The van der Waals surface area contributed by atoms with Gasteiger partial charge in [0.05, 0.1) is 12.9 Å². The number of hydrogen-bond acceptors (Lipinski definition) is 3. The van der Waals surface area contributed by atoms with E-state index in [0.717, 1.165) is 6.26 Å². The molecule has 0 aliphatic heterocycles. The number of hydrogen-bond donors (Lipinski definition) is 0. The topological polar surface area (TPSA) is 43.4 Å². The maximum atomic E-state index is 10.6. The quantitative estimate of drug-likeness (QED) is 0.490. The zero-order chi connectivity index (χ0) is 9.83. The number of allylic oxidation sites excluding steroid dienone is 1. The van der Waals surface area contributed by atoms with Crippen molar-refractivity contribution in [1.29, 1.82) is 0 Å². The van der Waals surface area contributed by atoms with Crippen molar-refractivity contribution in [3.8, 4) is 0 Å². The van der Waals surface area contributed by atoms with Crippen LogP contribution in [-0.2, 0) is 14.3 Å². The molecule has 0 atom stereocenters. The third-order valence-electron chi connectivity index (χ3n) is 1.60. The van der Waals surface area contributed by atoms with Crippen LogP contribution in [0.3, 0.4) is 0 Å². The Morgan fingerprint density at radius 2 is 2.00 bits per heavy atom. The summed E-state index contributed by atoms with van der Waals surface area (Å²) >= 11 is 0. The third kappa shape index (κ3) is 6.37. The van der Waals surface area contributed by atoms with Crippen LogP contribution in [0.4, 0.5) is 0 Å². The van der Waals surface area contributed by atoms with E-state index in [-0.39, 0.29) is 12.0 Å². The monoisotopic (exact) mass is 192 g/mol. The first-order valence-electron chi connectivity index (χ1n) is 3.75. The van der Waals surface area contributed by atoms with Gasteiger partial charge in [0.1, 0.15) is 0 Å². The van der Waals surface area contributed by atoms with E-state index < -0.39 is 10.1 Å². The van der Waals surface area contributed by atoms with Crippen molar-refractivity contribution in [2.24, 2.45) is 5.41 Å². The zero-order valence-electron chi connectivity index (χ0n) is 7.83. The average molecular weight is 192 g/mol. The van der Waals surface area contributed by atoms with Gasteiger partial charge in [-0.1, -0.05) is 19.9 Å². The lowest BCUT2D eigenvalue weighted by atomic mass is 9.90. The van der Waals surface area contributed by atoms with Crippen LogP contribution >= 0.6 is 0 Å². The van der Waals surface area contributed by atoms with Gasteiger partial charge < -0.3 is 0 Å².